The van der Waals surface area contributed by atoms with E-state index < -0.39 is 0 Å². The van der Waals surface area contributed by atoms with Gasteiger partial charge in [0.2, 0.25) is 5.91 Å². The molecule has 4 nitrogen and oxygen atoms in total. The summed E-state index contributed by atoms with van der Waals surface area (Å²) in [5.41, 5.74) is 0.814. The van der Waals surface area contributed by atoms with Crippen LogP contribution < -0.4 is 9.47 Å². The van der Waals surface area contributed by atoms with E-state index in [1.54, 1.807) is 25.3 Å². The molecule has 1 aliphatic carbocycles. The lowest BCUT2D eigenvalue weighted by Gasteiger charge is -2.20. The number of methoxy groups -OCH3 is 1. The quantitative estimate of drug-likeness (QED) is 0.590. The zero-order valence-corrected chi connectivity index (χ0v) is 16.3. The van der Waals surface area contributed by atoms with Gasteiger partial charge in [-0.1, -0.05) is 18.5 Å². The fourth-order valence-electron chi connectivity index (χ4n) is 2.63. The number of rotatable bonds is 9. The van der Waals surface area contributed by atoms with Gasteiger partial charge in [0.1, 0.15) is 0 Å². The highest BCUT2D eigenvalue weighted by atomic mass is 35.5. The average Bonchev–Trinajstić information content (AvgIpc) is 3.38. The molecule has 1 saturated carbocycles. The van der Waals surface area contributed by atoms with Gasteiger partial charge in [0, 0.05) is 19.2 Å². The van der Waals surface area contributed by atoms with Crippen molar-refractivity contribution in [3.63, 3.8) is 0 Å². The number of carbonyl (C=O) groups excluding carboxylic acids is 1. The Bertz CT molecular complexity index is 624. The van der Waals surface area contributed by atoms with Crippen LogP contribution in [0.25, 0.3) is 6.08 Å². The van der Waals surface area contributed by atoms with Crippen molar-refractivity contribution in [3.05, 3.63) is 28.8 Å². The normalized spacial score (nSPS) is 14.2. The molecular formula is C20H28ClNO3. The van der Waals surface area contributed by atoms with Gasteiger partial charge in [-0.3, -0.25) is 4.79 Å². The van der Waals surface area contributed by atoms with E-state index in [2.05, 4.69) is 6.92 Å². The number of hydrogen-bond donors (Lipinski definition) is 0. The van der Waals surface area contributed by atoms with Crippen molar-refractivity contribution in [1.82, 2.24) is 4.90 Å². The summed E-state index contributed by atoms with van der Waals surface area (Å²) in [6, 6.07) is 3.62. The molecule has 1 aromatic rings. The van der Waals surface area contributed by atoms with Crippen LogP contribution in [0, 0.1) is 5.92 Å². The lowest BCUT2D eigenvalue weighted by molar-refractivity contribution is -0.126. The van der Waals surface area contributed by atoms with E-state index in [-0.39, 0.29) is 12.0 Å². The summed E-state index contributed by atoms with van der Waals surface area (Å²) >= 11 is 6.33. The Labute approximate surface area is 155 Å². The first-order valence-corrected chi connectivity index (χ1v) is 9.33. The molecule has 1 fully saturated rings. The Balaban J connectivity index is 2.13. The number of carbonyl (C=O) groups is 1. The van der Waals surface area contributed by atoms with Crippen LogP contribution in [0.15, 0.2) is 18.2 Å². The van der Waals surface area contributed by atoms with Crippen molar-refractivity contribution in [1.29, 1.82) is 0 Å². The smallest absolute Gasteiger partial charge is 0.246 e. The van der Waals surface area contributed by atoms with Crippen LogP contribution in [0.3, 0.4) is 0 Å². The first-order chi connectivity index (χ1) is 11.9. The molecule has 1 amide bonds. The van der Waals surface area contributed by atoms with Crippen LogP contribution >= 0.6 is 11.6 Å². The Morgan fingerprint density at radius 3 is 2.68 bits per heavy atom. The molecule has 0 aromatic heterocycles. The summed E-state index contributed by atoms with van der Waals surface area (Å²) < 4.78 is 11.1. The summed E-state index contributed by atoms with van der Waals surface area (Å²) in [5, 5.41) is 0.476. The van der Waals surface area contributed by atoms with Crippen molar-refractivity contribution in [2.24, 2.45) is 5.92 Å². The largest absolute Gasteiger partial charge is 0.493 e. The summed E-state index contributed by atoms with van der Waals surface area (Å²) in [6.45, 7) is 7.62. The van der Waals surface area contributed by atoms with Crippen molar-refractivity contribution >= 4 is 23.6 Å². The highest BCUT2D eigenvalue weighted by Crippen LogP contribution is 2.37. The summed E-state index contributed by atoms with van der Waals surface area (Å²) in [5.74, 6) is 1.83. The molecule has 0 bridgehead atoms. The molecule has 0 aliphatic heterocycles. The highest BCUT2D eigenvalue weighted by molar-refractivity contribution is 6.32. The number of benzene rings is 1. The van der Waals surface area contributed by atoms with Crippen LogP contribution in [-0.4, -0.2) is 37.1 Å². The van der Waals surface area contributed by atoms with Crippen molar-refractivity contribution in [3.8, 4) is 11.5 Å². The second-order valence-corrected chi connectivity index (χ2v) is 7.17. The number of hydrogen-bond acceptors (Lipinski definition) is 3. The molecule has 0 spiro atoms. The molecule has 0 heterocycles. The zero-order valence-electron chi connectivity index (χ0n) is 15.5. The third-order valence-electron chi connectivity index (χ3n) is 4.00. The van der Waals surface area contributed by atoms with Gasteiger partial charge in [-0.25, -0.2) is 0 Å². The molecule has 0 saturated heterocycles. The van der Waals surface area contributed by atoms with E-state index >= 15 is 0 Å². The molecule has 0 radical (unpaired) electrons. The van der Waals surface area contributed by atoms with Crippen LogP contribution in [0.4, 0.5) is 0 Å². The molecule has 0 N–H and O–H groups in total. The molecule has 1 aliphatic rings. The number of halogens is 1. The molecule has 0 unspecified atom stereocenters. The minimum atomic E-state index is -0.000559. The van der Waals surface area contributed by atoms with Crippen LogP contribution in [0.5, 0.6) is 11.5 Å². The van der Waals surface area contributed by atoms with E-state index in [9.17, 15) is 4.79 Å². The van der Waals surface area contributed by atoms with E-state index in [0.29, 0.717) is 22.4 Å². The topological polar surface area (TPSA) is 38.8 Å². The fraction of sp³-hybridized carbons (Fsp3) is 0.550. The second kappa shape index (κ2) is 9.14. The Morgan fingerprint density at radius 2 is 2.12 bits per heavy atom. The minimum absolute atomic E-state index is 0.000559. The third-order valence-corrected chi connectivity index (χ3v) is 4.29. The van der Waals surface area contributed by atoms with Gasteiger partial charge in [0.25, 0.3) is 0 Å². The van der Waals surface area contributed by atoms with E-state index in [1.165, 1.54) is 12.8 Å². The fourth-order valence-corrected chi connectivity index (χ4v) is 2.90. The number of nitrogens with zero attached hydrogens (tertiary/aromatic N) is 1. The van der Waals surface area contributed by atoms with Gasteiger partial charge >= 0.3 is 0 Å². The average molecular weight is 366 g/mol. The molecule has 138 valence electrons. The molecule has 2 rings (SSSR count). The molecular weight excluding hydrogens is 338 g/mol. The van der Waals surface area contributed by atoms with Gasteiger partial charge in [-0.05, 0) is 62.8 Å². The van der Waals surface area contributed by atoms with Crippen molar-refractivity contribution < 1.29 is 14.3 Å². The van der Waals surface area contributed by atoms with Crippen molar-refractivity contribution in [2.45, 2.75) is 46.1 Å². The Morgan fingerprint density at radius 1 is 1.40 bits per heavy atom. The standard InChI is InChI=1S/C20H28ClNO3/c1-5-10-22(13-15-6-7-15)19(23)9-8-16-11-17(21)20(25-14(2)3)18(12-16)24-4/h8-9,11-12,14-15H,5-7,10,13H2,1-4H3. The van der Waals surface area contributed by atoms with Gasteiger partial charge in [-0.15, -0.1) is 0 Å². The third kappa shape index (κ3) is 5.96. The predicted octanol–water partition coefficient (Wildman–Crippen LogP) is 4.80. The van der Waals surface area contributed by atoms with Gasteiger partial charge < -0.3 is 14.4 Å². The van der Waals surface area contributed by atoms with E-state index in [1.807, 2.05) is 24.8 Å². The predicted molar refractivity (Wildman–Crippen MR) is 102 cm³/mol. The summed E-state index contributed by atoms with van der Waals surface area (Å²) in [4.78, 5) is 14.4. The van der Waals surface area contributed by atoms with Crippen LogP contribution in [0.1, 0.15) is 45.6 Å². The number of amides is 1. The second-order valence-electron chi connectivity index (χ2n) is 6.76. The maximum absolute atomic E-state index is 12.5. The van der Waals surface area contributed by atoms with E-state index in [4.69, 9.17) is 21.1 Å². The maximum atomic E-state index is 12.5. The van der Waals surface area contributed by atoms with Crippen LogP contribution in [0.2, 0.25) is 5.02 Å². The van der Waals surface area contributed by atoms with Gasteiger partial charge in [0.15, 0.2) is 11.5 Å². The Hall–Kier alpha value is -1.68. The SMILES string of the molecule is CCCN(CC1CC1)C(=O)C=Cc1cc(Cl)c(OC(C)C)c(OC)c1. The molecule has 5 heteroatoms. The lowest BCUT2D eigenvalue weighted by atomic mass is 10.1. The van der Waals surface area contributed by atoms with Crippen LogP contribution in [-0.2, 0) is 4.79 Å². The minimum Gasteiger partial charge on any atom is -0.493 e. The molecule has 1 aromatic carbocycles. The first kappa shape index (κ1) is 19.6. The number of ether oxygens (including phenoxy) is 2. The van der Waals surface area contributed by atoms with E-state index in [0.717, 1.165) is 25.1 Å². The molecule has 25 heavy (non-hydrogen) atoms. The zero-order chi connectivity index (χ0) is 18.4. The lowest BCUT2D eigenvalue weighted by Crippen LogP contribution is -2.32. The summed E-state index contributed by atoms with van der Waals surface area (Å²) in [6.07, 6.45) is 6.84. The Kier molecular flexibility index (Phi) is 7.18. The maximum Gasteiger partial charge on any atom is 0.246 e. The summed E-state index contributed by atoms with van der Waals surface area (Å²) in [7, 11) is 1.58. The highest BCUT2D eigenvalue weighted by Gasteiger charge is 2.25. The van der Waals surface area contributed by atoms with Gasteiger partial charge in [-0.2, -0.15) is 0 Å². The van der Waals surface area contributed by atoms with Gasteiger partial charge in [0.05, 0.1) is 18.2 Å². The van der Waals surface area contributed by atoms with Crippen molar-refractivity contribution in [2.75, 3.05) is 20.2 Å². The monoisotopic (exact) mass is 365 g/mol. The molecule has 0 atom stereocenters. The first-order valence-electron chi connectivity index (χ1n) is 8.95.